The number of hydrogen-bond acceptors (Lipinski definition) is 4. The third-order valence-corrected chi connectivity index (χ3v) is 4.45. The molecule has 0 atom stereocenters. The van der Waals surface area contributed by atoms with Gasteiger partial charge in [0.1, 0.15) is 5.75 Å². The fourth-order valence-corrected chi connectivity index (χ4v) is 3.06. The summed E-state index contributed by atoms with van der Waals surface area (Å²) in [4.78, 5) is 16.9. The Hall–Kier alpha value is -1.85. The highest BCUT2D eigenvalue weighted by atomic mass is 16.5. The van der Waals surface area contributed by atoms with E-state index in [4.69, 9.17) is 4.74 Å². The van der Waals surface area contributed by atoms with Crippen molar-refractivity contribution >= 4 is 10.9 Å². The van der Waals surface area contributed by atoms with E-state index in [1.165, 1.54) is 0 Å². The van der Waals surface area contributed by atoms with Crippen molar-refractivity contribution in [1.29, 1.82) is 0 Å². The first-order chi connectivity index (χ1) is 11.2. The summed E-state index contributed by atoms with van der Waals surface area (Å²) in [5.41, 5.74) is 1.80. The number of nitrogens with zero attached hydrogens (tertiary/aromatic N) is 1. The first kappa shape index (κ1) is 16.0. The quantitative estimate of drug-likeness (QED) is 0.800. The minimum atomic E-state index is -0.0752. The van der Waals surface area contributed by atoms with E-state index < -0.39 is 0 Å². The number of piperazine rings is 1. The minimum absolute atomic E-state index is 0.0752. The zero-order valence-electron chi connectivity index (χ0n) is 13.7. The van der Waals surface area contributed by atoms with Crippen molar-refractivity contribution in [2.24, 2.45) is 0 Å². The van der Waals surface area contributed by atoms with Crippen LogP contribution in [0, 0.1) is 6.92 Å². The van der Waals surface area contributed by atoms with E-state index in [9.17, 15) is 4.79 Å². The number of nitrogens with one attached hydrogen (secondary N) is 2. The summed E-state index contributed by atoms with van der Waals surface area (Å²) >= 11 is 0. The lowest BCUT2D eigenvalue weighted by atomic mass is 10.1. The number of H-pyrrole nitrogens is 1. The Morgan fingerprint density at radius 3 is 2.74 bits per heavy atom. The standard InChI is InChI=1S/C18H25N3O2/c1-14-16(6-4-15-5-7-17(22)20-18(14)15)23-13-3-2-10-21-11-8-19-9-12-21/h4-7,19H,2-3,8-13H2,1H3,(H,20,22). The number of ether oxygens (including phenoxy) is 1. The van der Waals surface area contributed by atoms with Gasteiger partial charge in [-0.05, 0) is 49.9 Å². The van der Waals surface area contributed by atoms with Gasteiger partial charge in [0.15, 0.2) is 0 Å². The zero-order valence-corrected chi connectivity index (χ0v) is 13.7. The molecule has 0 bridgehead atoms. The maximum absolute atomic E-state index is 11.5. The van der Waals surface area contributed by atoms with Crippen LogP contribution in [0.5, 0.6) is 5.75 Å². The minimum Gasteiger partial charge on any atom is -0.493 e. The lowest BCUT2D eigenvalue weighted by molar-refractivity contribution is 0.226. The number of benzene rings is 1. The molecule has 1 aliphatic rings. The van der Waals surface area contributed by atoms with Crippen LogP contribution >= 0.6 is 0 Å². The highest BCUT2D eigenvalue weighted by Gasteiger charge is 2.09. The molecule has 1 fully saturated rings. The number of aromatic nitrogens is 1. The second-order valence-corrected chi connectivity index (χ2v) is 6.12. The Morgan fingerprint density at radius 2 is 1.91 bits per heavy atom. The highest BCUT2D eigenvalue weighted by molar-refractivity contribution is 5.83. The predicted octanol–water partition coefficient (Wildman–Crippen LogP) is 1.90. The number of unbranched alkanes of at least 4 members (excludes halogenated alkanes) is 1. The van der Waals surface area contributed by atoms with Gasteiger partial charge < -0.3 is 19.9 Å². The van der Waals surface area contributed by atoms with Crippen molar-refractivity contribution in [1.82, 2.24) is 15.2 Å². The second-order valence-electron chi connectivity index (χ2n) is 6.12. The summed E-state index contributed by atoms with van der Waals surface area (Å²) in [6, 6.07) is 7.39. The van der Waals surface area contributed by atoms with E-state index >= 15 is 0 Å². The zero-order chi connectivity index (χ0) is 16.1. The van der Waals surface area contributed by atoms with E-state index in [-0.39, 0.29) is 5.56 Å². The van der Waals surface area contributed by atoms with Crippen LogP contribution in [0.3, 0.4) is 0 Å². The van der Waals surface area contributed by atoms with Gasteiger partial charge in [-0.15, -0.1) is 0 Å². The molecule has 2 aromatic rings. The van der Waals surface area contributed by atoms with Gasteiger partial charge in [-0.3, -0.25) is 4.79 Å². The van der Waals surface area contributed by atoms with Crippen molar-refractivity contribution in [3.05, 3.63) is 40.2 Å². The summed E-state index contributed by atoms with van der Waals surface area (Å²) < 4.78 is 5.92. The summed E-state index contributed by atoms with van der Waals surface area (Å²) in [6.07, 6.45) is 2.20. The Balaban J connectivity index is 1.51. The van der Waals surface area contributed by atoms with E-state index in [2.05, 4.69) is 15.2 Å². The summed E-state index contributed by atoms with van der Waals surface area (Å²) in [6.45, 7) is 8.37. The molecule has 1 aromatic heterocycles. The Bertz CT molecular complexity index is 705. The SMILES string of the molecule is Cc1c(OCCCCN2CCNCC2)ccc2ccc(=O)[nH]c12. The van der Waals surface area contributed by atoms with Crippen LogP contribution in [0.15, 0.2) is 29.1 Å². The summed E-state index contributed by atoms with van der Waals surface area (Å²) in [7, 11) is 0. The fraction of sp³-hybridized carbons (Fsp3) is 0.500. The number of fused-ring (bicyclic) bond motifs is 1. The summed E-state index contributed by atoms with van der Waals surface area (Å²) in [5, 5.41) is 4.41. The molecule has 3 rings (SSSR count). The number of hydrogen-bond donors (Lipinski definition) is 2. The van der Waals surface area contributed by atoms with Gasteiger partial charge in [-0.1, -0.05) is 0 Å². The highest BCUT2D eigenvalue weighted by Crippen LogP contribution is 2.25. The maximum Gasteiger partial charge on any atom is 0.248 e. The van der Waals surface area contributed by atoms with Gasteiger partial charge in [0.05, 0.1) is 12.1 Å². The number of aryl methyl sites for hydroxylation is 1. The molecule has 2 heterocycles. The van der Waals surface area contributed by atoms with Crippen molar-refractivity contribution in [2.45, 2.75) is 19.8 Å². The van der Waals surface area contributed by atoms with Gasteiger partial charge in [0.2, 0.25) is 5.56 Å². The molecule has 5 nitrogen and oxygen atoms in total. The molecule has 124 valence electrons. The van der Waals surface area contributed by atoms with Crippen molar-refractivity contribution < 1.29 is 4.74 Å². The molecule has 23 heavy (non-hydrogen) atoms. The molecule has 0 saturated carbocycles. The number of pyridine rings is 1. The van der Waals surface area contributed by atoms with Crippen LogP contribution in [0.2, 0.25) is 0 Å². The third kappa shape index (κ3) is 4.12. The molecule has 1 aliphatic heterocycles. The Kier molecular flexibility index (Phi) is 5.31. The van der Waals surface area contributed by atoms with Gasteiger partial charge >= 0.3 is 0 Å². The molecule has 0 spiro atoms. The Labute approximate surface area is 136 Å². The molecule has 0 aliphatic carbocycles. The molecular formula is C18H25N3O2. The van der Waals surface area contributed by atoms with Crippen LogP contribution in [0.25, 0.3) is 10.9 Å². The molecule has 0 unspecified atom stereocenters. The van der Waals surface area contributed by atoms with Crippen LogP contribution < -0.4 is 15.6 Å². The van der Waals surface area contributed by atoms with Crippen LogP contribution in [-0.2, 0) is 0 Å². The van der Waals surface area contributed by atoms with E-state index in [1.54, 1.807) is 6.07 Å². The lowest BCUT2D eigenvalue weighted by Gasteiger charge is -2.27. The predicted molar refractivity (Wildman–Crippen MR) is 93.3 cm³/mol. The van der Waals surface area contributed by atoms with Gasteiger partial charge in [-0.2, -0.15) is 0 Å². The van der Waals surface area contributed by atoms with E-state index in [1.807, 2.05) is 25.1 Å². The molecular weight excluding hydrogens is 290 g/mol. The first-order valence-corrected chi connectivity index (χ1v) is 8.42. The van der Waals surface area contributed by atoms with E-state index in [0.29, 0.717) is 0 Å². The van der Waals surface area contributed by atoms with Crippen molar-refractivity contribution in [3.63, 3.8) is 0 Å². The second kappa shape index (κ2) is 7.62. The topological polar surface area (TPSA) is 57.4 Å². The fourth-order valence-electron chi connectivity index (χ4n) is 3.06. The van der Waals surface area contributed by atoms with Gasteiger partial charge in [-0.25, -0.2) is 0 Å². The van der Waals surface area contributed by atoms with E-state index in [0.717, 1.165) is 74.4 Å². The average Bonchev–Trinajstić information content (AvgIpc) is 2.58. The van der Waals surface area contributed by atoms with Gasteiger partial charge in [0, 0.05) is 37.8 Å². The molecule has 0 amide bonds. The van der Waals surface area contributed by atoms with Crippen LogP contribution in [0.1, 0.15) is 18.4 Å². The van der Waals surface area contributed by atoms with Gasteiger partial charge in [0.25, 0.3) is 0 Å². The monoisotopic (exact) mass is 315 g/mol. The normalized spacial score (nSPS) is 15.9. The first-order valence-electron chi connectivity index (χ1n) is 8.42. The van der Waals surface area contributed by atoms with Crippen molar-refractivity contribution in [2.75, 3.05) is 39.3 Å². The lowest BCUT2D eigenvalue weighted by Crippen LogP contribution is -2.43. The van der Waals surface area contributed by atoms with Crippen LogP contribution in [0.4, 0.5) is 0 Å². The molecule has 1 saturated heterocycles. The molecule has 0 radical (unpaired) electrons. The molecule has 2 N–H and O–H groups in total. The largest absolute Gasteiger partial charge is 0.493 e. The molecule has 5 heteroatoms. The summed E-state index contributed by atoms with van der Waals surface area (Å²) in [5.74, 6) is 0.863. The number of aromatic amines is 1. The molecule has 1 aromatic carbocycles. The number of rotatable bonds is 6. The van der Waals surface area contributed by atoms with Crippen LogP contribution in [-0.4, -0.2) is 49.2 Å². The smallest absolute Gasteiger partial charge is 0.248 e. The van der Waals surface area contributed by atoms with Crippen molar-refractivity contribution in [3.8, 4) is 5.75 Å². The third-order valence-electron chi connectivity index (χ3n) is 4.45. The average molecular weight is 315 g/mol. The maximum atomic E-state index is 11.5. The Morgan fingerprint density at radius 1 is 1.13 bits per heavy atom.